The van der Waals surface area contributed by atoms with Crippen molar-refractivity contribution in [2.75, 3.05) is 13.2 Å². The van der Waals surface area contributed by atoms with Crippen LogP contribution in [0.3, 0.4) is 0 Å². The van der Waals surface area contributed by atoms with Crippen LogP contribution in [0, 0.1) is 0 Å². The molecule has 0 saturated carbocycles. The molecule has 2 aromatic carbocycles. The second-order valence-corrected chi connectivity index (χ2v) is 6.01. The Labute approximate surface area is 133 Å². The van der Waals surface area contributed by atoms with Crippen LogP contribution in [-0.2, 0) is 6.54 Å². The summed E-state index contributed by atoms with van der Waals surface area (Å²) in [6, 6.07) is 14.7. The van der Waals surface area contributed by atoms with Gasteiger partial charge in [-0.05, 0) is 30.7 Å². The van der Waals surface area contributed by atoms with Gasteiger partial charge in [-0.3, -0.25) is 0 Å². The molecule has 2 aromatic rings. The zero-order valence-electron chi connectivity index (χ0n) is 11.9. The molecule has 1 heterocycles. The number of nitrogens with one attached hydrogen (secondary N) is 1. The lowest BCUT2D eigenvalue weighted by atomic mass is 10.1. The van der Waals surface area contributed by atoms with E-state index in [1.165, 1.54) is 5.56 Å². The van der Waals surface area contributed by atoms with E-state index in [-0.39, 0.29) is 6.04 Å². The molecule has 1 aliphatic heterocycles. The van der Waals surface area contributed by atoms with Gasteiger partial charge in [0.25, 0.3) is 0 Å². The molecule has 4 heteroatoms. The first kappa shape index (κ1) is 14.4. The van der Waals surface area contributed by atoms with Gasteiger partial charge in [0.1, 0.15) is 13.2 Å². The molecule has 21 heavy (non-hydrogen) atoms. The molecule has 3 rings (SSSR count). The summed E-state index contributed by atoms with van der Waals surface area (Å²) < 4.78 is 12.4. The van der Waals surface area contributed by atoms with Gasteiger partial charge in [0.2, 0.25) is 0 Å². The van der Waals surface area contributed by atoms with Crippen molar-refractivity contribution in [3.05, 3.63) is 58.1 Å². The number of benzene rings is 2. The summed E-state index contributed by atoms with van der Waals surface area (Å²) in [4.78, 5) is 0. The molecule has 0 spiro atoms. The van der Waals surface area contributed by atoms with E-state index in [0.717, 1.165) is 28.1 Å². The third-order valence-corrected chi connectivity index (χ3v) is 4.15. The first-order valence-electron chi connectivity index (χ1n) is 7.10. The highest BCUT2D eigenvalue weighted by atomic mass is 79.9. The normalized spacial score (nSPS) is 14.8. The first-order chi connectivity index (χ1) is 10.2. The number of para-hydroxylation sites is 1. The minimum Gasteiger partial charge on any atom is -0.486 e. The van der Waals surface area contributed by atoms with Gasteiger partial charge in [0, 0.05) is 22.6 Å². The van der Waals surface area contributed by atoms with E-state index in [0.29, 0.717) is 13.2 Å². The Balaban J connectivity index is 1.69. The lowest BCUT2D eigenvalue weighted by Gasteiger charge is -2.22. The second kappa shape index (κ2) is 6.50. The van der Waals surface area contributed by atoms with Crippen LogP contribution in [0.15, 0.2) is 46.9 Å². The van der Waals surface area contributed by atoms with Crippen LogP contribution in [0.1, 0.15) is 24.1 Å². The van der Waals surface area contributed by atoms with Gasteiger partial charge in [-0.1, -0.05) is 40.2 Å². The monoisotopic (exact) mass is 347 g/mol. The number of hydrogen-bond donors (Lipinski definition) is 1. The van der Waals surface area contributed by atoms with Crippen LogP contribution in [0.25, 0.3) is 0 Å². The minimum absolute atomic E-state index is 0.276. The lowest BCUT2D eigenvalue weighted by molar-refractivity contribution is 0.169. The molecule has 0 bridgehead atoms. The van der Waals surface area contributed by atoms with Crippen LogP contribution in [0.5, 0.6) is 11.5 Å². The molecule has 0 saturated heterocycles. The molecule has 0 aliphatic carbocycles. The van der Waals surface area contributed by atoms with Crippen LogP contribution in [0.2, 0.25) is 0 Å². The summed E-state index contributed by atoms with van der Waals surface area (Å²) in [5.41, 5.74) is 2.40. The SMILES string of the molecule is C[C@@H](NCc1cccc2c1OCCO2)c1ccc(Br)cc1. The summed E-state index contributed by atoms with van der Waals surface area (Å²) in [5, 5.41) is 3.53. The van der Waals surface area contributed by atoms with Gasteiger partial charge in [0.05, 0.1) is 0 Å². The first-order valence-corrected chi connectivity index (χ1v) is 7.89. The molecule has 0 aromatic heterocycles. The lowest BCUT2D eigenvalue weighted by Crippen LogP contribution is -2.21. The van der Waals surface area contributed by atoms with Gasteiger partial charge < -0.3 is 14.8 Å². The predicted octanol–water partition coefficient (Wildman–Crippen LogP) is 4.07. The van der Waals surface area contributed by atoms with Gasteiger partial charge in [-0.25, -0.2) is 0 Å². The van der Waals surface area contributed by atoms with Crippen LogP contribution < -0.4 is 14.8 Å². The van der Waals surface area contributed by atoms with E-state index >= 15 is 0 Å². The van der Waals surface area contributed by atoms with Crippen molar-refractivity contribution in [2.24, 2.45) is 0 Å². The quantitative estimate of drug-likeness (QED) is 0.904. The number of fused-ring (bicyclic) bond motifs is 1. The molecule has 3 nitrogen and oxygen atoms in total. The maximum Gasteiger partial charge on any atom is 0.165 e. The van der Waals surface area contributed by atoms with Crippen molar-refractivity contribution in [3.63, 3.8) is 0 Å². The van der Waals surface area contributed by atoms with Gasteiger partial charge in [-0.2, -0.15) is 0 Å². The second-order valence-electron chi connectivity index (χ2n) is 5.10. The molecule has 1 atom stereocenters. The minimum atomic E-state index is 0.276. The molecule has 0 amide bonds. The zero-order valence-corrected chi connectivity index (χ0v) is 13.5. The summed E-state index contributed by atoms with van der Waals surface area (Å²) >= 11 is 3.46. The van der Waals surface area contributed by atoms with E-state index in [2.05, 4.69) is 58.5 Å². The molecular formula is C17H18BrNO2. The zero-order chi connectivity index (χ0) is 14.7. The maximum atomic E-state index is 5.74. The average Bonchev–Trinajstić information content (AvgIpc) is 2.53. The summed E-state index contributed by atoms with van der Waals surface area (Å²) in [7, 11) is 0. The van der Waals surface area contributed by atoms with Crippen molar-refractivity contribution in [1.29, 1.82) is 0 Å². The molecule has 110 valence electrons. The standard InChI is InChI=1S/C17H18BrNO2/c1-12(13-5-7-15(18)8-6-13)19-11-14-3-2-4-16-17(14)21-10-9-20-16/h2-8,12,19H,9-11H2,1H3/t12-/m1/s1. The van der Waals surface area contributed by atoms with Crippen molar-refractivity contribution >= 4 is 15.9 Å². The van der Waals surface area contributed by atoms with E-state index in [1.807, 2.05) is 12.1 Å². The Bertz CT molecular complexity index is 613. The Morgan fingerprint density at radius 1 is 1.10 bits per heavy atom. The summed E-state index contributed by atoms with van der Waals surface area (Å²) in [6.45, 7) is 4.16. The van der Waals surface area contributed by atoms with Crippen molar-refractivity contribution in [3.8, 4) is 11.5 Å². The third kappa shape index (κ3) is 3.39. The fourth-order valence-electron chi connectivity index (χ4n) is 2.41. The topological polar surface area (TPSA) is 30.5 Å². The van der Waals surface area contributed by atoms with E-state index in [4.69, 9.17) is 9.47 Å². The van der Waals surface area contributed by atoms with Crippen LogP contribution in [0.4, 0.5) is 0 Å². The van der Waals surface area contributed by atoms with E-state index < -0.39 is 0 Å². The molecular weight excluding hydrogens is 330 g/mol. The largest absolute Gasteiger partial charge is 0.486 e. The van der Waals surface area contributed by atoms with Crippen molar-refractivity contribution in [2.45, 2.75) is 19.5 Å². The van der Waals surface area contributed by atoms with Gasteiger partial charge in [-0.15, -0.1) is 0 Å². The summed E-state index contributed by atoms with van der Waals surface area (Å²) in [6.07, 6.45) is 0. The molecule has 1 aliphatic rings. The third-order valence-electron chi connectivity index (χ3n) is 3.62. The fourth-order valence-corrected chi connectivity index (χ4v) is 2.67. The van der Waals surface area contributed by atoms with Crippen LogP contribution >= 0.6 is 15.9 Å². The van der Waals surface area contributed by atoms with Gasteiger partial charge in [0.15, 0.2) is 11.5 Å². The van der Waals surface area contributed by atoms with E-state index in [9.17, 15) is 0 Å². The molecule has 0 unspecified atom stereocenters. The smallest absolute Gasteiger partial charge is 0.165 e. The van der Waals surface area contributed by atoms with Gasteiger partial charge >= 0.3 is 0 Å². The maximum absolute atomic E-state index is 5.74. The van der Waals surface area contributed by atoms with Crippen LogP contribution in [-0.4, -0.2) is 13.2 Å². The predicted molar refractivity (Wildman–Crippen MR) is 86.8 cm³/mol. The van der Waals surface area contributed by atoms with Crippen molar-refractivity contribution < 1.29 is 9.47 Å². The van der Waals surface area contributed by atoms with E-state index in [1.54, 1.807) is 0 Å². The molecule has 0 fully saturated rings. The Morgan fingerprint density at radius 2 is 1.86 bits per heavy atom. The number of ether oxygens (including phenoxy) is 2. The Morgan fingerprint density at radius 3 is 2.67 bits per heavy atom. The summed E-state index contributed by atoms with van der Waals surface area (Å²) in [5.74, 6) is 1.72. The number of rotatable bonds is 4. The fraction of sp³-hybridized carbons (Fsp3) is 0.294. The number of halogens is 1. The molecule has 0 radical (unpaired) electrons. The average molecular weight is 348 g/mol. The van der Waals surface area contributed by atoms with Crippen molar-refractivity contribution in [1.82, 2.24) is 5.32 Å². The Hall–Kier alpha value is -1.52. The molecule has 1 N–H and O–H groups in total. The number of hydrogen-bond acceptors (Lipinski definition) is 3. The highest BCUT2D eigenvalue weighted by molar-refractivity contribution is 9.10. The Kier molecular flexibility index (Phi) is 4.46. The highest BCUT2D eigenvalue weighted by Gasteiger charge is 2.15. The highest BCUT2D eigenvalue weighted by Crippen LogP contribution is 2.33.